The van der Waals surface area contributed by atoms with E-state index < -0.39 is 28.6 Å². The van der Waals surface area contributed by atoms with Crippen molar-refractivity contribution in [3.8, 4) is 11.5 Å². The van der Waals surface area contributed by atoms with Crippen LogP contribution in [0.3, 0.4) is 0 Å². The van der Waals surface area contributed by atoms with E-state index in [4.69, 9.17) is 9.47 Å². The standard InChI is InChI=1S/C27H27FN4O6/c1-17(2)25(30-26(33)19-9-11-21(28)12-10-19)27(34)31-29-15-20-13-23(37-3)24(14-22(20)32(35)36)38-16-18-7-5-4-6-8-18/h4-15,17,25H,16H2,1-3H3,(H,30,33)(H,31,34). The van der Waals surface area contributed by atoms with Crippen LogP contribution >= 0.6 is 0 Å². The molecule has 0 saturated heterocycles. The molecule has 0 aliphatic rings. The van der Waals surface area contributed by atoms with Crippen molar-refractivity contribution in [2.24, 2.45) is 11.0 Å². The highest BCUT2D eigenvalue weighted by molar-refractivity contribution is 5.97. The first-order chi connectivity index (χ1) is 18.2. The molecule has 1 atom stereocenters. The van der Waals surface area contributed by atoms with Gasteiger partial charge < -0.3 is 14.8 Å². The van der Waals surface area contributed by atoms with Crippen LogP contribution in [-0.2, 0) is 11.4 Å². The fourth-order valence-corrected chi connectivity index (χ4v) is 3.43. The Bertz CT molecular complexity index is 1310. The summed E-state index contributed by atoms with van der Waals surface area (Å²) in [5.41, 5.74) is 3.12. The van der Waals surface area contributed by atoms with E-state index in [2.05, 4.69) is 15.8 Å². The number of nitrogens with one attached hydrogen (secondary N) is 2. The number of nitrogens with zero attached hydrogens (tertiary/aromatic N) is 2. The van der Waals surface area contributed by atoms with E-state index in [1.54, 1.807) is 13.8 Å². The monoisotopic (exact) mass is 522 g/mol. The molecule has 3 aromatic carbocycles. The zero-order chi connectivity index (χ0) is 27.7. The highest BCUT2D eigenvalue weighted by Gasteiger charge is 2.25. The van der Waals surface area contributed by atoms with Crippen LogP contribution in [0.25, 0.3) is 0 Å². The quantitative estimate of drug-likeness (QED) is 0.220. The molecule has 1 unspecified atom stereocenters. The van der Waals surface area contributed by atoms with Gasteiger partial charge in [-0.2, -0.15) is 5.10 Å². The van der Waals surface area contributed by atoms with Gasteiger partial charge >= 0.3 is 0 Å². The van der Waals surface area contributed by atoms with Crippen molar-refractivity contribution in [3.05, 3.63) is 99.4 Å². The van der Waals surface area contributed by atoms with Crippen LogP contribution in [0.4, 0.5) is 10.1 Å². The van der Waals surface area contributed by atoms with Gasteiger partial charge in [0.25, 0.3) is 17.5 Å². The smallest absolute Gasteiger partial charge is 0.282 e. The van der Waals surface area contributed by atoms with E-state index >= 15 is 0 Å². The number of methoxy groups -OCH3 is 1. The lowest BCUT2D eigenvalue weighted by Crippen LogP contribution is -2.48. The Labute approximate surface area is 218 Å². The van der Waals surface area contributed by atoms with Gasteiger partial charge in [0.15, 0.2) is 11.5 Å². The lowest BCUT2D eigenvalue weighted by atomic mass is 10.0. The van der Waals surface area contributed by atoms with Gasteiger partial charge in [0.05, 0.1) is 29.9 Å². The second-order valence-electron chi connectivity index (χ2n) is 8.53. The molecule has 0 fully saturated rings. The molecule has 11 heteroatoms. The Morgan fingerprint density at radius 3 is 2.37 bits per heavy atom. The van der Waals surface area contributed by atoms with Gasteiger partial charge in [-0.25, -0.2) is 9.82 Å². The molecule has 0 saturated carbocycles. The number of benzene rings is 3. The second kappa shape index (κ2) is 12.9. The molecule has 0 aromatic heterocycles. The lowest BCUT2D eigenvalue weighted by Gasteiger charge is -2.20. The van der Waals surface area contributed by atoms with Gasteiger partial charge in [0, 0.05) is 5.56 Å². The molecule has 3 rings (SSSR count). The van der Waals surface area contributed by atoms with Crippen LogP contribution in [0.15, 0.2) is 71.8 Å². The molecule has 0 bridgehead atoms. The number of carbonyl (C=O) groups is 2. The first-order valence-corrected chi connectivity index (χ1v) is 11.6. The number of hydrogen-bond acceptors (Lipinski definition) is 7. The number of nitro groups is 1. The topological polar surface area (TPSA) is 132 Å². The van der Waals surface area contributed by atoms with E-state index in [-0.39, 0.29) is 40.8 Å². The molecule has 198 valence electrons. The molecule has 10 nitrogen and oxygen atoms in total. The normalized spacial score (nSPS) is 11.7. The van der Waals surface area contributed by atoms with Crippen molar-refractivity contribution in [2.45, 2.75) is 26.5 Å². The molecule has 0 heterocycles. The number of nitro benzene ring substituents is 1. The van der Waals surface area contributed by atoms with Gasteiger partial charge in [-0.15, -0.1) is 0 Å². The van der Waals surface area contributed by atoms with Crippen molar-refractivity contribution in [1.29, 1.82) is 0 Å². The number of amides is 2. The zero-order valence-corrected chi connectivity index (χ0v) is 21.0. The van der Waals surface area contributed by atoms with Gasteiger partial charge in [-0.1, -0.05) is 44.2 Å². The molecular weight excluding hydrogens is 495 g/mol. The fourth-order valence-electron chi connectivity index (χ4n) is 3.43. The van der Waals surface area contributed by atoms with E-state index in [9.17, 15) is 24.1 Å². The zero-order valence-electron chi connectivity index (χ0n) is 21.0. The van der Waals surface area contributed by atoms with Crippen LogP contribution in [-0.4, -0.2) is 36.1 Å². The summed E-state index contributed by atoms with van der Waals surface area (Å²) in [5, 5.41) is 18.2. The number of hydrogen-bond donors (Lipinski definition) is 2. The average molecular weight is 523 g/mol. The summed E-state index contributed by atoms with van der Waals surface area (Å²) in [4.78, 5) is 36.3. The van der Waals surface area contributed by atoms with Crippen LogP contribution in [0, 0.1) is 21.8 Å². The van der Waals surface area contributed by atoms with Gasteiger partial charge in [-0.05, 0) is 41.8 Å². The van der Waals surface area contributed by atoms with Crippen molar-refractivity contribution in [3.63, 3.8) is 0 Å². The molecule has 2 N–H and O–H groups in total. The maximum atomic E-state index is 13.1. The average Bonchev–Trinajstić information content (AvgIpc) is 2.91. The Kier molecular flexibility index (Phi) is 9.47. The predicted molar refractivity (Wildman–Crippen MR) is 139 cm³/mol. The molecule has 0 aliphatic heterocycles. The highest BCUT2D eigenvalue weighted by Crippen LogP contribution is 2.34. The van der Waals surface area contributed by atoms with Crippen molar-refractivity contribution >= 4 is 23.7 Å². The number of rotatable bonds is 11. The number of halogens is 1. The minimum Gasteiger partial charge on any atom is -0.493 e. The third-order valence-electron chi connectivity index (χ3n) is 5.47. The first kappa shape index (κ1) is 27.8. The molecule has 0 radical (unpaired) electrons. The number of carbonyl (C=O) groups excluding carboxylic acids is 2. The fraction of sp³-hybridized carbons (Fsp3) is 0.222. The van der Waals surface area contributed by atoms with Crippen LogP contribution in [0.2, 0.25) is 0 Å². The van der Waals surface area contributed by atoms with E-state index in [1.807, 2.05) is 30.3 Å². The van der Waals surface area contributed by atoms with Crippen molar-refractivity contribution in [2.75, 3.05) is 7.11 Å². The largest absolute Gasteiger partial charge is 0.493 e. The van der Waals surface area contributed by atoms with Crippen LogP contribution in [0.1, 0.15) is 35.3 Å². The highest BCUT2D eigenvalue weighted by atomic mass is 19.1. The van der Waals surface area contributed by atoms with Crippen molar-refractivity contribution in [1.82, 2.24) is 10.7 Å². The molecule has 0 spiro atoms. The third kappa shape index (κ3) is 7.36. The Hall–Kier alpha value is -4.80. The van der Waals surface area contributed by atoms with Gasteiger partial charge in [0.2, 0.25) is 0 Å². The maximum absolute atomic E-state index is 13.1. The summed E-state index contributed by atoms with van der Waals surface area (Å²) in [5.74, 6) is -1.59. The summed E-state index contributed by atoms with van der Waals surface area (Å²) < 4.78 is 24.2. The first-order valence-electron chi connectivity index (χ1n) is 11.6. The minimum absolute atomic E-state index is 0.0654. The van der Waals surface area contributed by atoms with E-state index in [1.165, 1.54) is 31.4 Å². The molecular formula is C27H27FN4O6. The Morgan fingerprint density at radius 2 is 1.76 bits per heavy atom. The third-order valence-corrected chi connectivity index (χ3v) is 5.47. The predicted octanol–water partition coefficient (Wildman–Crippen LogP) is 4.23. The summed E-state index contributed by atoms with van der Waals surface area (Å²) in [6.07, 6.45) is 1.11. The SMILES string of the molecule is COc1cc(C=NNC(=O)C(NC(=O)c2ccc(F)cc2)C(C)C)c([N+](=O)[O-])cc1OCc1ccccc1. The second-order valence-corrected chi connectivity index (χ2v) is 8.53. The van der Waals surface area contributed by atoms with Gasteiger partial charge in [-0.3, -0.25) is 19.7 Å². The Morgan fingerprint density at radius 1 is 1.08 bits per heavy atom. The van der Waals surface area contributed by atoms with Crippen LogP contribution in [0.5, 0.6) is 11.5 Å². The number of hydrazone groups is 1. The maximum Gasteiger partial charge on any atom is 0.282 e. The van der Waals surface area contributed by atoms with E-state index in [0.29, 0.717) is 0 Å². The van der Waals surface area contributed by atoms with Gasteiger partial charge in [0.1, 0.15) is 18.5 Å². The summed E-state index contributed by atoms with van der Waals surface area (Å²) in [7, 11) is 1.40. The molecule has 2 amide bonds. The number of ether oxygens (including phenoxy) is 2. The van der Waals surface area contributed by atoms with Crippen LogP contribution < -0.4 is 20.2 Å². The summed E-state index contributed by atoms with van der Waals surface area (Å²) in [6, 6.07) is 15.8. The molecule has 3 aromatic rings. The summed E-state index contributed by atoms with van der Waals surface area (Å²) in [6.45, 7) is 3.63. The Balaban J connectivity index is 1.74. The molecule has 38 heavy (non-hydrogen) atoms. The van der Waals surface area contributed by atoms with E-state index in [0.717, 1.165) is 23.9 Å². The lowest BCUT2D eigenvalue weighted by molar-refractivity contribution is -0.385. The molecule has 0 aliphatic carbocycles. The van der Waals surface area contributed by atoms with Crippen molar-refractivity contribution < 1.29 is 28.4 Å². The summed E-state index contributed by atoms with van der Waals surface area (Å²) >= 11 is 0. The minimum atomic E-state index is -0.969.